The monoisotopic (exact) mass is 313 g/mol. The van der Waals surface area contributed by atoms with E-state index in [9.17, 15) is 0 Å². The van der Waals surface area contributed by atoms with E-state index in [1.165, 1.54) is 5.52 Å². The van der Waals surface area contributed by atoms with Crippen molar-refractivity contribution in [1.82, 2.24) is 4.57 Å². The number of halogens is 1. The first-order chi connectivity index (χ1) is 10.6. The number of ether oxygens (including phenoxy) is 1. The van der Waals surface area contributed by atoms with Gasteiger partial charge in [0, 0.05) is 22.0 Å². The molecule has 1 aromatic heterocycles. The van der Waals surface area contributed by atoms with Crippen LogP contribution in [0.15, 0.2) is 48.5 Å². The lowest BCUT2D eigenvalue weighted by atomic mass is 10.2. The minimum absolute atomic E-state index is 0.370. The summed E-state index contributed by atoms with van der Waals surface area (Å²) in [7, 11) is 0. The van der Waals surface area contributed by atoms with Crippen LogP contribution >= 0.6 is 11.6 Å². The van der Waals surface area contributed by atoms with E-state index in [1.54, 1.807) is 0 Å². The van der Waals surface area contributed by atoms with Crippen LogP contribution in [0.4, 0.5) is 0 Å². The van der Waals surface area contributed by atoms with Gasteiger partial charge in [-0.2, -0.15) is 0 Å². The molecule has 3 aromatic rings. The Bertz CT molecular complexity index is 804. The molecule has 114 valence electrons. The number of benzene rings is 2. The van der Waals surface area contributed by atoms with E-state index < -0.39 is 0 Å². The van der Waals surface area contributed by atoms with Gasteiger partial charge < -0.3 is 9.30 Å². The fourth-order valence-electron chi connectivity index (χ4n) is 2.86. The van der Waals surface area contributed by atoms with Gasteiger partial charge in [-0.25, -0.2) is 0 Å². The lowest BCUT2D eigenvalue weighted by molar-refractivity contribution is 0.291. The highest BCUT2D eigenvalue weighted by molar-refractivity contribution is 6.31. The summed E-state index contributed by atoms with van der Waals surface area (Å²) >= 11 is 6.11. The summed E-state index contributed by atoms with van der Waals surface area (Å²) in [6.45, 7) is 6.99. The summed E-state index contributed by atoms with van der Waals surface area (Å²) in [4.78, 5) is 0. The van der Waals surface area contributed by atoms with Crippen LogP contribution in [0, 0.1) is 6.92 Å². The molecule has 0 radical (unpaired) electrons. The Morgan fingerprint density at radius 1 is 1.09 bits per heavy atom. The summed E-state index contributed by atoms with van der Waals surface area (Å²) in [5.41, 5.74) is 3.51. The first kappa shape index (κ1) is 15.0. The first-order valence-electron chi connectivity index (χ1n) is 7.54. The van der Waals surface area contributed by atoms with Crippen LogP contribution < -0.4 is 4.74 Å². The van der Waals surface area contributed by atoms with Crippen LogP contribution in [0.2, 0.25) is 5.02 Å². The van der Waals surface area contributed by atoms with Gasteiger partial charge in [0.1, 0.15) is 12.4 Å². The number of para-hydroxylation sites is 1. The second-order valence-corrected chi connectivity index (χ2v) is 6.29. The molecule has 0 saturated heterocycles. The molecular formula is C19H20ClNO. The summed E-state index contributed by atoms with van der Waals surface area (Å²) in [5, 5.41) is 1.92. The zero-order valence-electron chi connectivity index (χ0n) is 13.1. The predicted octanol–water partition coefficient (Wildman–Crippen LogP) is 5.76. The quantitative estimate of drug-likeness (QED) is 0.597. The average molecular weight is 314 g/mol. The van der Waals surface area contributed by atoms with E-state index in [0.717, 1.165) is 27.4 Å². The maximum absolute atomic E-state index is 6.11. The number of nitrogens with zero attached hydrogens (tertiary/aromatic N) is 1. The standard InChI is InChI=1S/C19H20ClNO/c1-13(2)21-17(11-15-10-16(20)8-9-18(15)21)12-22-19-7-5-4-6-14(19)3/h4-11,13H,12H2,1-3H3. The Balaban J connectivity index is 1.96. The van der Waals surface area contributed by atoms with Crippen molar-refractivity contribution >= 4 is 22.5 Å². The van der Waals surface area contributed by atoms with E-state index in [-0.39, 0.29) is 0 Å². The molecular weight excluding hydrogens is 294 g/mol. The molecule has 0 unspecified atom stereocenters. The van der Waals surface area contributed by atoms with E-state index in [0.29, 0.717) is 12.6 Å². The number of fused-ring (bicyclic) bond motifs is 1. The molecule has 0 saturated carbocycles. The van der Waals surface area contributed by atoms with E-state index in [4.69, 9.17) is 16.3 Å². The molecule has 0 fully saturated rings. The maximum atomic E-state index is 6.11. The van der Waals surface area contributed by atoms with Crippen molar-refractivity contribution in [2.24, 2.45) is 0 Å². The van der Waals surface area contributed by atoms with Gasteiger partial charge in [0.2, 0.25) is 0 Å². The van der Waals surface area contributed by atoms with Gasteiger partial charge in [-0.1, -0.05) is 29.8 Å². The molecule has 0 bridgehead atoms. The van der Waals surface area contributed by atoms with Gasteiger partial charge >= 0.3 is 0 Å². The lowest BCUT2D eigenvalue weighted by Gasteiger charge is -2.16. The van der Waals surface area contributed by atoms with E-state index in [1.807, 2.05) is 30.3 Å². The highest BCUT2D eigenvalue weighted by atomic mass is 35.5. The second-order valence-electron chi connectivity index (χ2n) is 5.86. The van der Waals surface area contributed by atoms with Crippen LogP contribution in [0.5, 0.6) is 5.75 Å². The topological polar surface area (TPSA) is 14.2 Å². The van der Waals surface area contributed by atoms with Crippen LogP contribution in [0.25, 0.3) is 10.9 Å². The largest absolute Gasteiger partial charge is 0.487 e. The number of rotatable bonds is 4. The molecule has 0 atom stereocenters. The summed E-state index contributed by atoms with van der Waals surface area (Å²) < 4.78 is 8.33. The third-order valence-electron chi connectivity index (χ3n) is 3.87. The fraction of sp³-hybridized carbons (Fsp3) is 0.263. The zero-order valence-corrected chi connectivity index (χ0v) is 13.9. The Morgan fingerprint density at radius 3 is 2.59 bits per heavy atom. The molecule has 0 N–H and O–H groups in total. The van der Waals surface area contributed by atoms with Gasteiger partial charge in [-0.3, -0.25) is 0 Å². The van der Waals surface area contributed by atoms with Gasteiger partial charge in [-0.15, -0.1) is 0 Å². The Kier molecular flexibility index (Phi) is 4.12. The van der Waals surface area contributed by atoms with Crippen molar-refractivity contribution in [2.45, 2.75) is 33.4 Å². The van der Waals surface area contributed by atoms with Crippen molar-refractivity contribution in [1.29, 1.82) is 0 Å². The number of hydrogen-bond donors (Lipinski definition) is 0. The first-order valence-corrected chi connectivity index (χ1v) is 7.92. The highest BCUT2D eigenvalue weighted by Gasteiger charge is 2.12. The van der Waals surface area contributed by atoms with Crippen molar-refractivity contribution in [2.75, 3.05) is 0 Å². The predicted molar refractivity (Wildman–Crippen MR) is 92.8 cm³/mol. The highest BCUT2D eigenvalue weighted by Crippen LogP contribution is 2.28. The minimum atomic E-state index is 0.370. The summed E-state index contributed by atoms with van der Waals surface area (Å²) in [5.74, 6) is 0.932. The fourth-order valence-corrected chi connectivity index (χ4v) is 3.04. The van der Waals surface area contributed by atoms with Crippen molar-refractivity contribution in [3.8, 4) is 5.75 Å². The molecule has 3 heteroatoms. The summed E-state index contributed by atoms with van der Waals surface area (Å²) in [6.07, 6.45) is 0. The Morgan fingerprint density at radius 2 is 1.86 bits per heavy atom. The van der Waals surface area contributed by atoms with Gasteiger partial charge in [0.05, 0.1) is 5.69 Å². The lowest BCUT2D eigenvalue weighted by Crippen LogP contribution is -2.08. The number of aromatic nitrogens is 1. The molecule has 0 aliphatic rings. The third kappa shape index (κ3) is 2.84. The minimum Gasteiger partial charge on any atom is -0.487 e. The van der Waals surface area contributed by atoms with E-state index in [2.05, 4.69) is 43.5 Å². The Labute approximate surface area is 136 Å². The molecule has 2 nitrogen and oxygen atoms in total. The molecule has 0 aliphatic heterocycles. The Hall–Kier alpha value is -1.93. The number of hydrogen-bond acceptors (Lipinski definition) is 1. The van der Waals surface area contributed by atoms with Gasteiger partial charge in [-0.05, 0) is 56.7 Å². The normalized spacial score (nSPS) is 11.3. The second kappa shape index (κ2) is 6.05. The third-order valence-corrected chi connectivity index (χ3v) is 4.10. The van der Waals surface area contributed by atoms with Gasteiger partial charge in [0.15, 0.2) is 0 Å². The molecule has 1 heterocycles. The number of aryl methyl sites for hydroxylation is 1. The molecule has 0 aliphatic carbocycles. The summed E-state index contributed by atoms with van der Waals surface area (Å²) in [6, 6.07) is 16.7. The molecule has 0 amide bonds. The molecule has 3 rings (SSSR count). The van der Waals surface area contributed by atoms with Crippen LogP contribution in [0.3, 0.4) is 0 Å². The zero-order chi connectivity index (χ0) is 15.7. The van der Waals surface area contributed by atoms with Crippen molar-refractivity contribution in [3.05, 3.63) is 64.8 Å². The van der Waals surface area contributed by atoms with Crippen LogP contribution in [0.1, 0.15) is 31.1 Å². The maximum Gasteiger partial charge on any atom is 0.128 e. The van der Waals surface area contributed by atoms with Crippen LogP contribution in [-0.4, -0.2) is 4.57 Å². The van der Waals surface area contributed by atoms with Crippen LogP contribution in [-0.2, 0) is 6.61 Å². The smallest absolute Gasteiger partial charge is 0.128 e. The molecule has 2 aromatic carbocycles. The van der Waals surface area contributed by atoms with Gasteiger partial charge in [0.25, 0.3) is 0 Å². The molecule has 22 heavy (non-hydrogen) atoms. The van der Waals surface area contributed by atoms with E-state index >= 15 is 0 Å². The average Bonchev–Trinajstić information content (AvgIpc) is 2.84. The molecule has 0 spiro atoms. The van der Waals surface area contributed by atoms with Crippen molar-refractivity contribution < 1.29 is 4.74 Å². The SMILES string of the molecule is Cc1ccccc1OCc1cc2cc(Cl)ccc2n1C(C)C. The van der Waals surface area contributed by atoms with Crippen molar-refractivity contribution in [3.63, 3.8) is 0 Å².